The monoisotopic (exact) mass is 434 g/mol. The van der Waals surface area contributed by atoms with Crippen molar-refractivity contribution in [1.29, 1.82) is 0 Å². The number of unbranched alkanes of at least 4 members (excludes halogenated alkanes) is 1. The van der Waals surface area contributed by atoms with Gasteiger partial charge in [0, 0.05) is 0 Å². The van der Waals surface area contributed by atoms with Crippen molar-refractivity contribution in [3.63, 3.8) is 0 Å². The minimum Gasteiger partial charge on any atom is -1.00 e. The van der Waals surface area contributed by atoms with Crippen LogP contribution in [0.2, 0.25) is 0 Å². The largest absolute Gasteiger partial charge is 1.00 e. The lowest BCUT2D eigenvalue weighted by molar-refractivity contribution is -0.001000. The van der Waals surface area contributed by atoms with Gasteiger partial charge in [-0.2, -0.15) is 0 Å². The fourth-order valence-electron chi connectivity index (χ4n) is 0.781. The van der Waals surface area contributed by atoms with Gasteiger partial charge in [0.2, 0.25) is 0 Å². The van der Waals surface area contributed by atoms with Crippen LogP contribution in [0.5, 0.6) is 0 Å². The highest BCUT2D eigenvalue weighted by molar-refractivity contribution is 7.95. The normalized spacial score (nSPS) is 9.50. The molecule has 0 heterocycles. The summed E-state index contributed by atoms with van der Waals surface area (Å²) in [5.74, 6) is 2.88. The van der Waals surface area contributed by atoms with E-state index in [2.05, 4.69) is 25.0 Å². The van der Waals surface area contributed by atoms with Crippen molar-refractivity contribution in [1.82, 2.24) is 0 Å². The first kappa shape index (κ1) is 19.7. The van der Waals surface area contributed by atoms with E-state index in [0.29, 0.717) is 21.8 Å². The van der Waals surface area contributed by atoms with E-state index in [1.165, 1.54) is 24.3 Å². The molecular weight excluding hydrogens is 414 g/mol. The van der Waals surface area contributed by atoms with Crippen molar-refractivity contribution in [2.75, 3.05) is 36.5 Å². The Kier molecular flexibility index (Phi) is 21.6. The summed E-state index contributed by atoms with van der Waals surface area (Å²) >= 11 is 0. The smallest absolute Gasteiger partial charge is 0.107 e. The Morgan fingerprint density at radius 3 is 1.08 bits per heavy atom. The van der Waals surface area contributed by atoms with Crippen molar-refractivity contribution >= 4 is 21.8 Å². The molecule has 0 fully saturated rings. The lowest BCUT2D eigenvalue weighted by Crippen LogP contribution is -3.00. The Balaban J connectivity index is -0.000000405. The van der Waals surface area contributed by atoms with Crippen molar-refractivity contribution in [3.8, 4) is 0 Å². The maximum absolute atomic E-state index is 2.33. The van der Waals surface area contributed by atoms with E-state index >= 15 is 0 Å². The van der Waals surface area contributed by atoms with Gasteiger partial charge in [-0.3, -0.25) is 0 Å². The highest BCUT2D eigenvalue weighted by Crippen LogP contribution is 1.97. The fraction of sp³-hybridized carbons (Fsp3) is 1.00. The quantitative estimate of drug-likeness (QED) is 0.233. The van der Waals surface area contributed by atoms with E-state index in [1.54, 1.807) is 0 Å². The zero-order chi connectivity index (χ0) is 7.98. The topological polar surface area (TPSA) is 0 Å². The summed E-state index contributed by atoms with van der Waals surface area (Å²) in [4.78, 5) is 0. The van der Waals surface area contributed by atoms with Gasteiger partial charge in [-0.15, -0.1) is 0 Å². The van der Waals surface area contributed by atoms with Gasteiger partial charge in [0.05, 0.1) is 25.0 Å². The zero-order valence-corrected chi connectivity index (χ0v) is 14.3. The molecule has 12 heavy (non-hydrogen) atoms. The molecule has 0 unspecified atom stereocenters. The van der Waals surface area contributed by atoms with Gasteiger partial charge in [0.15, 0.2) is 0 Å². The SMILES string of the molecule is C[S+](C)CCCC[S+](C)C.[I-].[I-]. The highest BCUT2D eigenvalue weighted by Gasteiger charge is 2.05. The Labute approximate surface area is 118 Å². The molecule has 0 radical (unpaired) electrons. The summed E-state index contributed by atoms with van der Waals surface area (Å²) < 4.78 is 0. The van der Waals surface area contributed by atoms with E-state index < -0.39 is 0 Å². The summed E-state index contributed by atoms with van der Waals surface area (Å²) in [6, 6.07) is 0. The standard InChI is InChI=1S/C8H20S2.2HI/c1-9(2)7-5-6-8-10(3)4;;/h5-8H2,1-4H3;2*1H/q+2;;/p-2. The van der Waals surface area contributed by atoms with Gasteiger partial charge in [0.25, 0.3) is 0 Å². The molecule has 0 bridgehead atoms. The van der Waals surface area contributed by atoms with Crippen LogP contribution in [0.25, 0.3) is 0 Å². The van der Waals surface area contributed by atoms with Gasteiger partial charge in [-0.25, -0.2) is 0 Å². The third-order valence-electron chi connectivity index (χ3n) is 1.36. The molecule has 0 nitrogen and oxygen atoms in total. The van der Waals surface area contributed by atoms with E-state index in [4.69, 9.17) is 0 Å². The fourth-order valence-corrected chi connectivity index (χ4v) is 2.34. The highest BCUT2D eigenvalue weighted by atomic mass is 127. The molecule has 0 aromatic carbocycles. The second kappa shape index (κ2) is 13.2. The predicted octanol–water partition coefficient (Wildman–Crippen LogP) is -4.47. The van der Waals surface area contributed by atoms with E-state index in [9.17, 15) is 0 Å². The van der Waals surface area contributed by atoms with Crippen LogP contribution in [0.4, 0.5) is 0 Å². The lowest BCUT2D eigenvalue weighted by atomic mass is 10.4. The van der Waals surface area contributed by atoms with Crippen LogP contribution in [0.15, 0.2) is 0 Å². The molecule has 0 atom stereocenters. The Hall–Kier alpha value is 2.16. The Morgan fingerprint density at radius 2 is 0.917 bits per heavy atom. The molecular formula is C8H20I2S2. The number of halogens is 2. The summed E-state index contributed by atoms with van der Waals surface area (Å²) in [6.45, 7) is 0. The molecule has 0 saturated heterocycles. The molecule has 78 valence electrons. The van der Waals surface area contributed by atoms with Gasteiger partial charge in [-0.1, -0.05) is 0 Å². The van der Waals surface area contributed by atoms with Crippen LogP contribution < -0.4 is 48.0 Å². The van der Waals surface area contributed by atoms with Crippen LogP contribution >= 0.6 is 0 Å². The van der Waals surface area contributed by atoms with Crippen LogP contribution in [-0.4, -0.2) is 36.5 Å². The van der Waals surface area contributed by atoms with E-state index in [-0.39, 0.29) is 48.0 Å². The van der Waals surface area contributed by atoms with E-state index in [1.807, 2.05) is 0 Å². The summed E-state index contributed by atoms with van der Waals surface area (Å²) in [6.07, 6.45) is 12.2. The van der Waals surface area contributed by atoms with Crippen LogP contribution in [0.1, 0.15) is 12.8 Å². The average Bonchev–Trinajstić information content (AvgIpc) is 1.79. The van der Waals surface area contributed by atoms with Gasteiger partial charge in [-0.05, 0) is 34.6 Å². The molecule has 4 heteroatoms. The predicted molar refractivity (Wildman–Crippen MR) is 57.4 cm³/mol. The van der Waals surface area contributed by atoms with E-state index in [0.717, 1.165) is 0 Å². The maximum Gasteiger partial charge on any atom is 0.107 e. The van der Waals surface area contributed by atoms with Crippen molar-refractivity contribution in [3.05, 3.63) is 0 Å². The zero-order valence-electron chi connectivity index (χ0n) is 8.40. The molecule has 0 amide bonds. The maximum atomic E-state index is 2.33. The van der Waals surface area contributed by atoms with Crippen molar-refractivity contribution in [2.45, 2.75) is 12.8 Å². The first-order valence-electron chi connectivity index (χ1n) is 3.71. The first-order chi connectivity index (χ1) is 4.63. The average molecular weight is 434 g/mol. The Bertz CT molecular complexity index is 67.5. The van der Waals surface area contributed by atoms with Crippen LogP contribution in [0, 0.1) is 0 Å². The number of hydrogen-bond donors (Lipinski definition) is 0. The molecule has 0 rings (SSSR count). The summed E-state index contributed by atoms with van der Waals surface area (Å²) in [5, 5.41) is 0. The van der Waals surface area contributed by atoms with Crippen LogP contribution in [0.3, 0.4) is 0 Å². The Morgan fingerprint density at radius 1 is 0.667 bits per heavy atom. The number of rotatable bonds is 5. The molecule has 0 aliphatic carbocycles. The second-order valence-electron chi connectivity index (χ2n) is 3.09. The molecule has 0 N–H and O–H groups in total. The molecule has 0 saturated carbocycles. The first-order valence-corrected chi connectivity index (χ1v) is 8.13. The van der Waals surface area contributed by atoms with Crippen molar-refractivity contribution in [2.24, 2.45) is 0 Å². The number of hydrogen-bond acceptors (Lipinski definition) is 0. The summed E-state index contributed by atoms with van der Waals surface area (Å²) in [5.41, 5.74) is 0. The summed E-state index contributed by atoms with van der Waals surface area (Å²) in [7, 11) is 1.35. The molecule has 0 aliphatic heterocycles. The minimum absolute atomic E-state index is 0. The molecule has 0 aromatic heterocycles. The van der Waals surface area contributed by atoms with Crippen LogP contribution in [-0.2, 0) is 21.8 Å². The van der Waals surface area contributed by atoms with Crippen molar-refractivity contribution < 1.29 is 48.0 Å². The molecule has 0 aromatic rings. The third-order valence-corrected chi connectivity index (χ3v) is 3.57. The molecule has 0 spiro atoms. The van der Waals surface area contributed by atoms with Gasteiger partial charge < -0.3 is 48.0 Å². The lowest BCUT2D eigenvalue weighted by Gasteiger charge is -1.96. The van der Waals surface area contributed by atoms with Gasteiger partial charge >= 0.3 is 0 Å². The minimum atomic E-state index is 0. The second-order valence-corrected chi connectivity index (χ2v) is 7.85. The van der Waals surface area contributed by atoms with Gasteiger partial charge in [0.1, 0.15) is 11.5 Å². The third kappa shape index (κ3) is 18.0. The molecule has 0 aliphatic rings.